The van der Waals surface area contributed by atoms with Crippen molar-refractivity contribution in [2.75, 3.05) is 7.11 Å². The maximum atomic E-state index is 3.38. The van der Waals surface area contributed by atoms with Crippen LogP contribution in [0, 0.1) is 24.3 Å². The van der Waals surface area contributed by atoms with E-state index in [1.165, 1.54) is 15.9 Å². The molecule has 4 aromatic rings. The molecule has 0 unspecified atom stereocenters. The number of rotatable bonds is 3. The molecular formula is C28H32OPRuSi2+. The Balaban J connectivity index is 0.000000227. The molecule has 1 saturated heterocycles. The molecule has 0 amide bonds. The fraction of sp³-hybridized carbons (Fsp3) is 0.179. The summed E-state index contributed by atoms with van der Waals surface area (Å²) < 4.78 is 3.38. The summed E-state index contributed by atoms with van der Waals surface area (Å²) in [6.45, 7) is 9.74. The first-order valence-electron chi connectivity index (χ1n) is 10.9. The van der Waals surface area contributed by atoms with E-state index >= 15 is 0 Å². The van der Waals surface area contributed by atoms with Crippen LogP contribution in [0.5, 0.6) is 0 Å². The summed E-state index contributed by atoms with van der Waals surface area (Å²) in [6, 6.07) is 44.5. The quantitative estimate of drug-likeness (QED) is 0.101. The van der Waals surface area contributed by atoms with Gasteiger partial charge in [-0.1, -0.05) is 54.6 Å². The number of hydrogen-bond acceptors (Lipinski definition) is 0. The van der Waals surface area contributed by atoms with Gasteiger partial charge in [0.2, 0.25) is 0 Å². The Morgan fingerprint density at radius 1 is 0.606 bits per heavy atom. The van der Waals surface area contributed by atoms with Crippen molar-refractivity contribution in [2.24, 2.45) is 0 Å². The topological polar surface area (TPSA) is 2.70 Å². The molecule has 0 bridgehead atoms. The zero-order valence-electron chi connectivity index (χ0n) is 20.0. The van der Waals surface area contributed by atoms with Crippen molar-refractivity contribution in [3.63, 3.8) is 0 Å². The molecule has 1 nitrogen and oxygen atoms in total. The van der Waals surface area contributed by atoms with Gasteiger partial charge in [-0.15, -0.1) is 0 Å². The second-order valence-electron chi connectivity index (χ2n) is 8.69. The van der Waals surface area contributed by atoms with Crippen LogP contribution in [-0.4, -0.2) is 22.8 Å². The molecule has 33 heavy (non-hydrogen) atoms. The van der Waals surface area contributed by atoms with E-state index in [-0.39, 0.29) is 19.5 Å². The molecule has 0 aromatic heterocycles. The summed E-state index contributed by atoms with van der Waals surface area (Å²) in [4.78, 5) is 0. The molecule has 0 radical (unpaired) electrons. The van der Waals surface area contributed by atoms with Crippen LogP contribution in [0.25, 0.3) is 0 Å². The Kier molecular flexibility index (Phi) is 10.7. The Bertz CT molecular complexity index is 914. The van der Waals surface area contributed by atoms with Gasteiger partial charge in [-0.3, -0.25) is 0 Å². The van der Waals surface area contributed by atoms with Gasteiger partial charge in [0.25, 0.3) is 0 Å². The molecule has 4 aromatic carbocycles. The Morgan fingerprint density at radius 2 is 0.879 bits per heavy atom. The average molecular weight is 573 g/mol. The smallest absolute Gasteiger partial charge is 0.999 e. The van der Waals surface area contributed by atoms with E-state index in [9.17, 15) is 0 Å². The third kappa shape index (κ3) is 7.22. The predicted molar refractivity (Wildman–Crippen MR) is 146 cm³/mol. The molecule has 0 spiro atoms. The van der Waals surface area contributed by atoms with Crippen LogP contribution in [0.2, 0.25) is 26.2 Å². The molecule has 1 aliphatic rings. The summed E-state index contributed by atoms with van der Waals surface area (Å²) in [5.41, 5.74) is 0. The molecule has 1 heterocycles. The third-order valence-electron chi connectivity index (χ3n) is 6.48. The van der Waals surface area contributed by atoms with Crippen LogP contribution in [0.1, 0.15) is 0 Å². The van der Waals surface area contributed by atoms with E-state index in [2.05, 4.69) is 152 Å². The van der Waals surface area contributed by atoms with Crippen LogP contribution >= 0.6 is 7.92 Å². The van der Waals surface area contributed by atoms with Gasteiger partial charge < -0.3 is 34.1 Å². The summed E-state index contributed by atoms with van der Waals surface area (Å²) in [5.74, 6) is 0. The van der Waals surface area contributed by atoms with Crippen molar-refractivity contribution >= 4 is 39.5 Å². The van der Waals surface area contributed by atoms with Crippen molar-refractivity contribution < 1.29 is 23.2 Å². The molecule has 170 valence electrons. The van der Waals surface area contributed by atoms with Crippen molar-refractivity contribution in [1.82, 2.24) is 0 Å². The van der Waals surface area contributed by atoms with Gasteiger partial charge in [0, 0.05) is 26.2 Å². The standard InChI is InChI=1S/C18H15P.C5H15OSi2.C5H.Ru/c1-4-10-16(11-5-1)19(17-12-6-2-7-13-17)18-14-8-3-9-15-18;1-6-7(2,3)8(6,4)5;1-2-4-5-3-1;/h1-15H;1-5H3;1H;/q;+1;-5;+4/p+1. The van der Waals surface area contributed by atoms with Crippen molar-refractivity contribution in [3.05, 3.63) is 121 Å². The van der Waals surface area contributed by atoms with Crippen LogP contribution in [-0.2, 0) is 23.2 Å². The van der Waals surface area contributed by atoms with Crippen molar-refractivity contribution in [2.45, 2.75) is 26.2 Å². The molecule has 0 aliphatic carbocycles. The second-order valence-corrected chi connectivity index (χ2v) is 26.1. The predicted octanol–water partition coefficient (Wildman–Crippen LogP) is 5.45. The van der Waals surface area contributed by atoms with Crippen molar-refractivity contribution in [3.8, 4) is 0 Å². The first-order chi connectivity index (χ1) is 15.4. The van der Waals surface area contributed by atoms with Gasteiger partial charge in [-0.25, -0.2) is 0 Å². The van der Waals surface area contributed by atoms with Crippen molar-refractivity contribution in [1.29, 1.82) is 0 Å². The van der Waals surface area contributed by atoms with E-state index in [0.29, 0.717) is 0 Å². The van der Waals surface area contributed by atoms with E-state index in [0.717, 1.165) is 0 Å². The van der Waals surface area contributed by atoms with E-state index in [4.69, 9.17) is 0 Å². The summed E-state index contributed by atoms with van der Waals surface area (Å²) in [7, 11) is -0.277. The molecule has 1 aliphatic heterocycles. The van der Waals surface area contributed by atoms with Crippen LogP contribution < -0.4 is 15.9 Å². The zero-order chi connectivity index (χ0) is 23.0. The zero-order valence-corrected chi connectivity index (χ0v) is 24.7. The number of benzene rings is 3. The van der Waals surface area contributed by atoms with Crippen LogP contribution in [0.3, 0.4) is 0 Å². The Hall–Kier alpha value is -1.54. The third-order valence-corrected chi connectivity index (χ3v) is 27.8. The summed E-state index contributed by atoms with van der Waals surface area (Å²) in [6.07, 6.45) is 0. The fourth-order valence-electron chi connectivity index (χ4n) is 3.56. The van der Waals surface area contributed by atoms with Gasteiger partial charge in [-0.2, -0.15) is 0 Å². The second kappa shape index (κ2) is 12.8. The van der Waals surface area contributed by atoms with Crippen LogP contribution in [0.15, 0.2) is 97.1 Å². The Morgan fingerprint density at radius 3 is 1.06 bits per heavy atom. The largest absolute Gasteiger partial charge is 4.00 e. The Labute approximate surface area is 216 Å². The molecule has 5 heteroatoms. The SMILES string of the molecule is C[O+]1[Si](C)(C)[Si]1(C)C.[Ru+4].[c-]1[c-][c-][cH-][c-]1.c1ccc([PH+](c2ccccc2)c2ccccc2)cc1. The first kappa shape index (κ1) is 27.7. The molecule has 1 fully saturated rings. The van der Waals surface area contributed by atoms with Crippen LogP contribution in [0.4, 0.5) is 0 Å². The van der Waals surface area contributed by atoms with E-state index < -0.39 is 23.6 Å². The van der Waals surface area contributed by atoms with E-state index in [1.54, 1.807) is 6.07 Å². The normalized spacial score (nSPS) is 15.2. The molecular weight excluding hydrogens is 541 g/mol. The minimum atomic E-state index is -0.877. The minimum Gasteiger partial charge on any atom is -0.999 e. The first-order valence-corrected chi connectivity index (χ1v) is 19.2. The summed E-state index contributed by atoms with van der Waals surface area (Å²) >= 11 is 0. The number of hydrogen-bond donors (Lipinski definition) is 0. The molecule has 5 rings (SSSR count). The van der Waals surface area contributed by atoms with Gasteiger partial charge in [0.1, 0.15) is 15.9 Å². The van der Waals surface area contributed by atoms with Gasteiger partial charge in [0.15, 0.2) is 0 Å². The maximum absolute atomic E-state index is 3.38. The minimum absolute atomic E-state index is 0. The van der Waals surface area contributed by atoms with Gasteiger partial charge in [0.05, 0.1) is 15.0 Å². The maximum Gasteiger partial charge on any atom is 4.00 e. The fourth-order valence-corrected chi connectivity index (χ4v) is 18.3. The van der Waals surface area contributed by atoms with Gasteiger partial charge in [-0.05, 0) is 36.4 Å². The van der Waals surface area contributed by atoms with Gasteiger partial charge >= 0.3 is 35.1 Å². The molecule has 0 N–H and O–H groups in total. The summed E-state index contributed by atoms with van der Waals surface area (Å²) in [5, 5.41) is 4.31. The monoisotopic (exact) mass is 573 g/mol. The average Bonchev–Trinajstić information content (AvgIpc) is 3.28. The molecule has 0 atom stereocenters. The molecule has 0 saturated carbocycles. The van der Waals surface area contributed by atoms with E-state index in [1.807, 2.05) is 0 Å².